The van der Waals surface area contributed by atoms with Crippen LogP contribution in [0.5, 0.6) is 0 Å². The molecule has 2 aromatic rings. The van der Waals surface area contributed by atoms with Gasteiger partial charge in [0.15, 0.2) is 0 Å². The standard InChI is InChI=1S/C19H18ClF2N3O2/c20-13-4-1-2-7-16(13)23-17(26)12-24-8-10-25(11-9-24)19(27)18-14(21)5-3-6-15(18)22/h1-7H,8-12H2,(H,23,26). The summed E-state index contributed by atoms with van der Waals surface area (Å²) in [6.07, 6.45) is 0. The number of anilines is 1. The maximum absolute atomic E-state index is 13.8. The summed E-state index contributed by atoms with van der Waals surface area (Å²) < 4.78 is 27.6. The topological polar surface area (TPSA) is 52.7 Å². The maximum atomic E-state index is 13.8. The van der Waals surface area contributed by atoms with Gasteiger partial charge in [-0.1, -0.05) is 29.8 Å². The van der Waals surface area contributed by atoms with Crippen molar-refractivity contribution in [2.24, 2.45) is 0 Å². The smallest absolute Gasteiger partial charge is 0.259 e. The second kappa shape index (κ2) is 8.45. The third-order valence-electron chi connectivity index (χ3n) is 4.35. The van der Waals surface area contributed by atoms with Crippen LogP contribution in [0.3, 0.4) is 0 Å². The van der Waals surface area contributed by atoms with Crippen LogP contribution in [-0.4, -0.2) is 54.3 Å². The summed E-state index contributed by atoms with van der Waals surface area (Å²) in [4.78, 5) is 27.8. The van der Waals surface area contributed by atoms with Gasteiger partial charge in [0.25, 0.3) is 5.91 Å². The zero-order chi connectivity index (χ0) is 19.4. The molecule has 0 radical (unpaired) electrons. The minimum absolute atomic E-state index is 0.140. The zero-order valence-corrected chi connectivity index (χ0v) is 15.2. The van der Waals surface area contributed by atoms with E-state index in [1.54, 1.807) is 24.3 Å². The molecule has 2 aromatic carbocycles. The van der Waals surface area contributed by atoms with Gasteiger partial charge in [-0.25, -0.2) is 8.78 Å². The summed E-state index contributed by atoms with van der Waals surface area (Å²) in [5, 5.41) is 3.19. The molecular weight excluding hydrogens is 376 g/mol. The number of carbonyl (C=O) groups excluding carboxylic acids is 2. The van der Waals surface area contributed by atoms with Crippen LogP contribution in [0.25, 0.3) is 0 Å². The highest BCUT2D eigenvalue weighted by atomic mass is 35.5. The third-order valence-corrected chi connectivity index (χ3v) is 4.68. The van der Waals surface area contributed by atoms with Gasteiger partial charge in [0.2, 0.25) is 5.91 Å². The van der Waals surface area contributed by atoms with E-state index >= 15 is 0 Å². The van der Waals surface area contributed by atoms with E-state index < -0.39 is 23.1 Å². The van der Waals surface area contributed by atoms with Crippen LogP contribution in [0.15, 0.2) is 42.5 Å². The van der Waals surface area contributed by atoms with Crippen molar-refractivity contribution in [2.75, 3.05) is 38.0 Å². The molecule has 1 saturated heterocycles. The number of amides is 2. The molecule has 1 N–H and O–H groups in total. The van der Waals surface area contributed by atoms with Gasteiger partial charge >= 0.3 is 0 Å². The van der Waals surface area contributed by atoms with Gasteiger partial charge in [0.05, 0.1) is 17.3 Å². The van der Waals surface area contributed by atoms with E-state index in [0.717, 1.165) is 12.1 Å². The molecule has 0 aliphatic carbocycles. The van der Waals surface area contributed by atoms with Crippen molar-refractivity contribution < 1.29 is 18.4 Å². The molecule has 0 aromatic heterocycles. The number of hydrogen-bond donors (Lipinski definition) is 1. The van der Waals surface area contributed by atoms with E-state index in [1.165, 1.54) is 11.0 Å². The van der Waals surface area contributed by atoms with Crippen LogP contribution in [-0.2, 0) is 4.79 Å². The molecule has 1 heterocycles. The molecule has 27 heavy (non-hydrogen) atoms. The fourth-order valence-electron chi connectivity index (χ4n) is 2.92. The summed E-state index contributed by atoms with van der Waals surface area (Å²) in [6, 6.07) is 10.3. The first-order valence-electron chi connectivity index (χ1n) is 8.45. The van der Waals surface area contributed by atoms with Crippen molar-refractivity contribution in [3.05, 3.63) is 64.7 Å². The van der Waals surface area contributed by atoms with E-state index in [4.69, 9.17) is 11.6 Å². The summed E-state index contributed by atoms with van der Waals surface area (Å²) in [6.45, 7) is 1.56. The van der Waals surface area contributed by atoms with Crippen LogP contribution in [0.2, 0.25) is 5.02 Å². The van der Waals surface area contributed by atoms with Gasteiger partial charge in [-0.3, -0.25) is 14.5 Å². The Balaban J connectivity index is 1.54. The van der Waals surface area contributed by atoms with E-state index in [9.17, 15) is 18.4 Å². The number of nitrogens with one attached hydrogen (secondary N) is 1. The van der Waals surface area contributed by atoms with Crippen LogP contribution >= 0.6 is 11.6 Å². The Labute approximate surface area is 160 Å². The lowest BCUT2D eigenvalue weighted by molar-refractivity contribution is -0.117. The Bertz CT molecular complexity index is 834. The summed E-state index contributed by atoms with van der Waals surface area (Å²) in [7, 11) is 0. The number of benzene rings is 2. The SMILES string of the molecule is O=C(CN1CCN(C(=O)c2c(F)cccc2F)CC1)Nc1ccccc1Cl. The fraction of sp³-hybridized carbons (Fsp3) is 0.263. The molecule has 1 aliphatic rings. The van der Waals surface area contributed by atoms with Crippen molar-refractivity contribution >= 4 is 29.1 Å². The highest BCUT2D eigenvalue weighted by molar-refractivity contribution is 6.33. The van der Waals surface area contributed by atoms with Crippen LogP contribution in [0.1, 0.15) is 10.4 Å². The highest BCUT2D eigenvalue weighted by Crippen LogP contribution is 2.20. The molecule has 0 bridgehead atoms. The molecule has 0 unspecified atom stereocenters. The Hall–Kier alpha value is -2.51. The predicted molar refractivity (Wildman–Crippen MR) is 98.8 cm³/mol. The Morgan fingerprint density at radius 1 is 0.963 bits per heavy atom. The third kappa shape index (κ3) is 4.61. The van der Waals surface area contributed by atoms with E-state index in [0.29, 0.717) is 23.8 Å². The summed E-state index contributed by atoms with van der Waals surface area (Å²) in [5.41, 5.74) is -0.00424. The number of halogens is 3. The molecule has 0 saturated carbocycles. The first-order valence-corrected chi connectivity index (χ1v) is 8.83. The molecule has 0 atom stereocenters. The summed E-state index contributed by atoms with van der Waals surface area (Å²) >= 11 is 6.02. The molecule has 2 amide bonds. The molecule has 3 rings (SSSR count). The minimum Gasteiger partial charge on any atom is -0.336 e. The molecular formula is C19H18ClF2N3O2. The predicted octanol–water partition coefficient (Wildman–Crippen LogP) is 3.01. The summed E-state index contributed by atoms with van der Waals surface area (Å²) in [5.74, 6) is -2.64. The lowest BCUT2D eigenvalue weighted by Crippen LogP contribution is -2.50. The zero-order valence-electron chi connectivity index (χ0n) is 14.4. The maximum Gasteiger partial charge on any atom is 0.259 e. The van der Waals surface area contributed by atoms with Gasteiger partial charge < -0.3 is 10.2 Å². The van der Waals surface area contributed by atoms with Crippen molar-refractivity contribution in [1.82, 2.24) is 9.80 Å². The van der Waals surface area contributed by atoms with Gasteiger partial charge in [0.1, 0.15) is 17.2 Å². The van der Waals surface area contributed by atoms with Gasteiger partial charge in [-0.15, -0.1) is 0 Å². The van der Waals surface area contributed by atoms with Crippen molar-refractivity contribution in [3.8, 4) is 0 Å². The quantitative estimate of drug-likeness (QED) is 0.868. The van der Waals surface area contributed by atoms with E-state index in [-0.39, 0.29) is 25.5 Å². The van der Waals surface area contributed by atoms with Crippen LogP contribution < -0.4 is 5.32 Å². The largest absolute Gasteiger partial charge is 0.336 e. The normalized spacial score (nSPS) is 14.9. The number of rotatable bonds is 4. The average Bonchev–Trinajstić information content (AvgIpc) is 2.64. The number of nitrogens with zero attached hydrogens (tertiary/aromatic N) is 2. The molecule has 142 valence electrons. The van der Waals surface area contributed by atoms with E-state index in [2.05, 4.69) is 5.32 Å². The van der Waals surface area contributed by atoms with E-state index in [1.807, 2.05) is 4.90 Å². The van der Waals surface area contributed by atoms with Gasteiger partial charge in [0, 0.05) is 26.2 Å². The molecule has 8 heteroatoms. The van der Waals surface area contributed by atoms with Crippen molar-refractivity contribution in [2.45, 2.75) is 0 Å². The second-order valence-corrected chi connectivity index (χ2v) is 6.60. The number of para-hydroxylation sites is 1. The first kappa shape index (κ1) is 19.3. The Morgan fingerprint density at radius 2 is 1.59 bits per heavy atom. The Morgan fingerprint density at radius 3 is 2.22 bits per heavy atom. The molecule has 0 spiro atoms. The molecule has 5 nitrogen and oxygen atoms in total. The number of hydrogen-bond acceptors (Lipinski definition) is 3. The second-order valence-electron chi connectivity index (χ2n) is 6.19. The molecule has 1 aliphatic heterocycles. The highest BCUT2D eigenvalue weighted by Gasteiger charge is 2.27. The van der Waals surface area contributed by atoms with Crippen molar-refractivity contribution in [1.29, 1.82) is 0 Å². The van der Waals surface area contributed by atoms with Gasteiger partial charge in [-0.05, 0) is 24.3 Å². The minimum atomic E-state index is -0.874. The fourth-order valence-corrected chi connectivity index (χ4v) is 3.11. The van der Waals surface area contributed by atoms with Crippen molar-refractivity contribution in [3.63, 3.8) is 0 Å². The number of piperazine rings is 1. The lowest BCUT2D eigenvalue weighted by atomic mass is 10.1. The van der Waals surface area contributed by atoms with Gasteiger partial charge in [-0.2, -0.15) is 0 Å². The lowest BCUT2D eigenvalue weighted by Gasteiger charge is -2.34. The average molecular weight is 394 g/mol. The first-order chi connectivity index (χ1) is 13.0. The monoisotopic (exact) mass is 393 g/mol. The molecule has 1 fully saturated rings. The van der Waals surface area contributed by atoms with Crippen LogP contribution in [0.4, 0.5) is 14.5 Å². The number of carbonyl (C=O) groups is 2. The Kier molecular flexibility index (Phi) is 6.03. The van der Waals surface area contributed by atoms with Crippen LogP contribution in [0, 0.1) is 11.6 Å².